The van der Waals surface area contributed by atoms with Crippen molar-refractivity contribution in [1.82, 2.24) is 14.8 Å². The van der Waals surface area contributed by atoms with Gasteiger partial charge in [0.2, 0.25) is 0 Å². The molecule has 0 unspecified atom stereocenters. The lowest BCUT2D eigenvalue weighted by atomic mass is 9.57. The average molecular weight is 402 g/mol. The van der Waals surface area contributed by atoms with Gasteiger partial charge in [0, 0.05) is 22.1 Å². The summed E-state index contributed by atoms with van der Waals surface area (Å²) in [4.78, 5) is 4.01. The van der Waals surface area contributed by atoms with E-state index in [9.17, 15) is 4.39 Å². The van der Waals surface area contributed by atoms with E-state index in [1.165, 1.54) is 18.5 Å². The first-order valence-corrected chi connectivity index (χ1v) is 9.27. The van der Waals surface area contributed by atoms with Crippen molar-refractivity contribution in [2.24, 2.45) is 5.41 Å². The molecule has 3 rings (SSSR count). The molecule has 0 saturated heterocycles. The number of nitrogens with zero attached hydrogens (tertiary/aromatic N) is 3. The van der Waals surface area contributed by atoms with Crippen molar-refractivity contribution in [3.05, 3.63) is 89.5 Å². The minimum atomic E-state index is -0.969. The lowest BCUT2D eigenvalue weighted by Crippen LogP contribution is -2.45. The van der Waals surface area contributed by atoms with Gasteiger partial charge < -0.3 is 0 Å². The van der Waals surface area contributed by atoms with E-state index in [0.717, 1.165) is 6.07 Å². The lowest BCUT2D eigenvalue weighted by molar-refractivity contribution is 0.206. The van der Waals surface area contributed by atoms with Crippen LogP contribution >= 0.6 is 11.6 Å². The number of allylic oxidation sites excluding steroid dienone is 1. The summed E-state index contributed by atoms with van der Waals surface area (Å²) in [6.45, 7) is 10.6. The van der Waals surface area contributed by atoms with Crippen LogP contribution in [-0.4, -0.2) is 14.8 Å². The highest BCUT2D eigenvalue weighted by Gasteiger charge is 2.48. The van der Waals surface area contributed by atoms with E-state index < -0.39 is 22.5 Å². The minimum absolute atomic E-state index is 0.267. The second-order valence-corrected chi connectivity index (χ2v) is 8.24. The van der Waals surface area contributed by atoms with Gasteiger partial charge in [-0.15, -0.1) is 0 Å². The van der Waals surface area contributed by atoms with Gasteiger partial charge in [-0.1, -0.05) is 63.2 Å². The number of halogens is 3. The molecule has 0 spiro atoms. The SMILES string of the molecule is C=C(c1ccccc1Cl)[C@](Cn1cncn1)(c1ccc(F)cc1F)C(C)(C)C. The molecule has 146 valence electrons. The van der Waals surface area contributed by atoms with Crippen LogP contribution in [0.3, 0.4) is 0 Å². The molecule has 2 aromatic carbocycles. The van der Waals surface area contributed by atoms with Crippen LogP contribution in [0.5, 0.6) is 0 Å². The summed E-state index contributed by atoms with van der Waals surface area (Å²) >= 11 is 6.46. The zero-order valence-electron chi connectivity index (χ0n) is 16.1. The Bertz CT molecular complexity index is 993. The van der Waals surface area contributed by atoms with Gasteiger partial charge >= 0.3 is 0 Å². The summed E-state index contributed by atoms with van der Waals surface area (Å²) in [6.07, 6.45) is 2.99. The van der Waals surface area contributed by atoms with E-state index in [1.807, 2.05) is 39.0 Å². The average Bonchev–Trinajstić information content (AvgIpc) is 3.12. The normalized spacial score (nSPS) is 13.9. The second kappa shape index (κ2) is 7.47. The molecule has 0 aliphatic rings. The third-order valence-electron chi connectivity index (χ3n) is 5.25. The molecule has 1 aromatic heterocycles. The molecule has 0 fully saturated rings. The highest BCUT2D eigenvalue weighted by molar-refractivity contribution is 6.32. The standard InChI is InChI=1S/C22H22ClF2N3/c1-15(17-7-5-6-8-19(17)23)22(21(2,3)4,12-28-14-26-13-27-28)18-10-9-16(24)11-20(18)25/h5-11,13-14H,1,12H2,2-4H3/t22-/m1/s1. The first kappa shape index (κ1) is 20.2. The lowest BCUT2D eigenvalue weighted by Gasteiger charge is -2.47. The van der Waals surface area contributed by atoms with Gasteiger partial charge in [-0.25, -0.2) is 13.8 Å². The molecule has 0 amide bonds. The van der Waals surface area contributed by atoms with E-state index in [4.69, 9.17) is 11.6 Å². The Morgan fingerprint density at radius 3 is 2.43 bits per heavy atom. The van der Waals surface area contributed by atoms with Crippen LogP contribution < -0.4 is 0 Å². The Hall–Kier alpha value is -2.53. The third-order valence-corrected chi connectivity index (χ3v) is 5.58. The maximum absolute atomic E-state index is 15.1. The summed E-state index contributed by atoms with van der Waals surface area (Å²) in [5.41, 5.74) is 0.188. The fourth-order valence-electron chi connectivity index (χ4n) is 3.77. The molecule has 1 heterocycles. The van der Waals surface area contributed by atoms with Crippen LogP contribution in [0.4, 0.5) is 8.78 Å². The van der Waals surface area contributed by atoms with E-state index >= 15 is 4.39 Å². The maximum Gasteiger partial charge on any atom is 0.137 e. The van der Waals surface area contributed by atoms with Crippen molar-refractivity contribution in [1.29, 1.82) is 0 Å². The monoisotopic (exact) mass is 401 g/mol. The van der Waals surface area contributed by atoms with Crippen molar-refractivity contribution < 1.29 is 8.78 Å². The van der Waals surface area contributed by atoms with E-state index in [-0.39, 0.29) is 6.54 Å². The van der Waals surface area contributed by atoms with Gasteiger partial charge in [-0.2, -0.15) is 5.10 Å². The summed E-state index contributed by atoms with van der Waals surface area (Å²) in [5.74, 6) is -1.27. The smallest absolute Gasteiger partial charge is 0.137 e. The Morgan fingerprint density at radius 1 is 1.14 bits per heavy atom. The number of aromatic nitrogens is 3. The van der Waals surface area contributed by atoms with Crippen LogP contribution in [0, 0.1) is 17.0 Å². The molecule has 6 heteroatoms. The van der Waals surface area contributed by atoms with Crippen LogP contribution in [-0.2, 0) is 12.0 Å². The van der Waals surface area contributed by atoms with Gasteiger partial charge in [0.15, 0.2) is 0 Å². The Balaban J connectivity index is 2.33. The molecule has 0 aliphatic heterocycles. The molecule has 28 heavy (non-hydrogen) atoms. The molecule has 1 atom stereocenters. The zero-order chi connectivity index (χ0) is 20.5. The van der Waals surface area contributed by atoms with E-state index in [2.05, 4.69) is 16.7 Å². The molecule has 0 N–H and O–H groups in total. The van der Waals surface area contributed by atoms with Gasteiger partial charge in [-0.05, 0) is 28.7 Å². The van der Waals surface area contributed by atoms with Gasteiger partial charge in [0.1, 0.15) is 24.3 Å². The largest absolute Gasteiger partial charge is 0.252 e. The Labute approximate surface area is 168 Å². The molecular weight excluding hydrogens is 380 g/mol. The van der Waals surface area contributed by atoms with Crippen molar-refractivity contribution in [2.45, 2.75) is 32.7 Å². The van der Waals surface area contributed by atoms with Gasteiger partial charge in [0.25, 0.3) is 0 Å². The molecule has 3 aromatic rings. The fourth-order valence-corrected chi connectivity index (χ4v) is 4.02. The first-order chi connectivity index (χ1) is 13.2. The molecule has 0 radical (unpaired) electrons. The molecule has 0 saturated carbocycles. The van der Waals surface area contributed by atoms with Crippen LogP contribution in [0.2, 0.25) is 5.02 Å². The van der Waals surface area contributed by atoms with Crippen LogP contribution in [0.15, 0.2) is 61.7 Å². The van der Waals surface area contributed by atoms with Crippen molar-refractivity contribution in [3.63, 3.8) is 0 Å². The number of benzene rings is 2. The van der Waals surface area contributed by atoms with Crippen molar-refractivity contribution in [2.75, 3.05) is 0 Å². The number of rotatable bonds is 5. The Kier molecular flexibility index (Phi) is 5.39. The summed E-state index contributed by atoms with van der Waals surface area (Å²) in [7, 11) is 0. The van der Waals surface area contributed by atoms with Gasteiger partial charge in [-0.3, -0.25) is 4.68 Å². The highest BCUT2D eigenvalue weighted by Crippen LogP contribution is 2.52. The van der Waals surface area contributed by atoms with Crippen molar-refractivity contribution >= 4 is 17.2 Å². The maximum atomic E-state index is 15.1. The zero-order valence-corrected chi connectivity index (χ0v) is 16.8. The van der Waals surface area contributed by atoms with Crippen molar-refractivity contribution in [3.8, 4) is 0 Å². The highest BCUT2D eigenvalue weighted by atomic mass is 35.5. The second-order valence-electron chi connectivity index (χ2n) is 7.83. The minimum Gasteiger partial charge on any atom is -0.252 e. The number of hydrogen-bond acceptors (Lipinski definition) is 2. The van der Waals surface area contributed by atoms with E-state index in [0.29, 0.717) is 21.7 Å². The molecular formula is C22H22ClF2N3. The van der Waals surface area contributed by atoms with Crippen LogP contribution in [0.1, 0.15) is 31.9 Å². The summed E-state index contributed by atoms with van der Waals surface area (Å²) in [5, 5.41) is 4.74. The topological polar surface area (TPSA) is 30.7 Å². The fraction of sp³-hybridized carbons (Fsp3) is 0.273. The van der Waals surface area contributed by atoms with E-state index in [1.54, 1.807) is 17.1 Å². The molecule has 0 bridgehead atoms. The first-order valence-electron chi connectivity index (χ1n) is 8.89. The summed E-state index contributed by atoms with van der Waals surface area (Å²) < 4.78 is 30.4. The van der Waals surface area contributed by atoms with Gasteiger partial charge in [0.05, 0.1) is 6.54 Å². The van der Waals surface area contributed by atoms with Crippen LogP contribution in [0.25, 0.3) is 5.57 Å². The molecule has 3 nitrogen and oxygen atoms in total. The molecule has 0 aliphatic carbocycles. The quantitative estimate of drug-likeness (QED) is 0.532. The third kappa shape index (κ3) is 3.47. The predicted molar refractivity (Wildman–Crippen MR) is 108 cm³/mol. The summed E-state index contributed by atoms with van der Waals surface area (Å²) in [6, 6.07) is 11.0. The number of hydrogen-bond donors (Lipinski definition) is 0. The predicted octanol–water partition coefficient (Wildman–Crippen LogP) is 5.91. The Morgan fingerprint density at radius 2 is 1.86 bits per heavy atom.